The van der Waals surface area contributed by atoms with Crippen molar-refractivity contribution in [2.75, 3.05) is 5.73 Å². The number of fused-ring (bicyclic) bond motifs is 1. The summed E-state index contributed by atoms with van der Waals surface area (Å²) in [5, 5.41) is 1.24. The van der Waals surface area contributed by atoms with Crippen molar-refractivity contribution in [2.45, 2.75) is 20.8 Å². The molecule has 0 bridgehead atoms. The molecule has 14 heavy (non-hydrogen) atoms. The monoisotopic (exact) mass is 186 g/mol. The number of aryl methyl sites for hydroxylation is 2. The van der Waals surface area contributed by atoms with Crippen molar-refractivity contribution in [1.82, 2.24) is 4.98 Å². The number of aromatic nitrogens is 1. The van der Waals surface area contributed by atoms with Crippen molar-refractivity contribution in [3.8, 4) is 0 Å². The van der Waals surface area contributed by atoms with Crippen LogP contribution >= 0.6 is 0 Å². The average Bonchev–Trinajstić information content (AvgIpc) is 2.14. The van der Waals surface area contributed by atoms with Crippen LogP contribution in [0.5, 0.6) is 0 Å². The number of benzene rings is 1. The van der Waals surface area contributed by atoms with Crippen LogP contribution in [-0.2, 0) is 0 Å². The Morgan fingerprint density at radius 2 is 1.79 bits per heavy atom. The predicted octanol–water partition coefficient (Wildman–Crippen LogP) is 2.74. The molecule has 2 nitrogen and oxygen atoms in total. The molecule has 0 amide bonds. The molecule has 1 aromatic heterocycles. The van der Waals surface area contributed by atoms with Gasteiger partial charge in [-0.25, -0.2) is 4.98 Å². The maximum atomic E-state index is 5.83. The lowest BCUT2D eigenvalue weighted by Crippen LogP contribution is -1.98. The summed E-state index contributed by atoms with van der Waals surface area (Å²) in [6.07, 6.45) is 0. The number of hydrogen-bond donors (Lipinski definition) is 1. The molecule has 0 aliphatic rings. The Morgan fingerprint density at radius 1 is 1.07 bits per heavy atom. The molecule has 0 radical (unpaired) electrons. The first-order valence-electron chi connectivity index (χ1n) is 4.73. The maximum Gasteiger partial charge on any atom is 0.127 e. The molecule has 0 aliphatic heterocycles. The lowest BCUT2D eigenvalue weighted by atomic mass is 10.0. The quantitative estimate of drug-likeness (QED) is 0.687. The van der Waals surface area contributed by atoms with Gasteiger partial charge in [0.25, 0.3) is 0 Å². The van der Waals surface area contributed by atoms with Gasteiger partial charge in [0.1, 0.15) is 5.82 Å². The number of anilines is 1. The minimum absolute atomic E-state index is 0.639. The van der Waals surface area contributed by atoms with Gasteiger partial charge in [0.05, 0.1) is 5.52 Å². The lowest BCUT2D eigenvalue weighted by Gasteiger charge is -2.10. The van der Waals surface area contributed by atoms with Gasteiger partial charge in [-0.1, -0.05) is 12.1 Å². The fourth-order valence-corrected chi connectivity index (χ4v) is 1.83. The number of nitrogens with zero attached hydrogens (tertiary/aromatic N) is 1. The highest BCUT2D eigenvalue weighted by Gasteiger charge is 2.07. The molecule has 0 aliphatic carbocycles. The Balaban J connectivity index is 2.99. The fourth-order valence-electron chi connectivity index (χ4n) is 1.83. The van der Waals surface area contributed by atoms with Crippen LogP contribution in [0, 0.1) is 20.8 Å². The molecular weight excluding hydrogens is 172 g/mol. The fraction of sp³-hybridized carbons (Fsp3) is 0.250. The molecule has 2 N–H and O–H groups in total. The van der Waals surface area contributed by atoms with Crippen LogP contribution in [0.4, 0.5) is 5.82 Å². The summed E-state index contributed by atoms with van der Waals surface area (Å²) in [5.41, 5.74) is 10.4. The van der Waals surface area contributed by atoms with Gasteiger partial charge in [-0.15, -0.1) is 0 Å². The van der Waals surface area contributed by atoms with E-state index in [1.54, 1.807) is 0 Å². The summed E-state index contributed by atoms with van der Waals surface area (Å²) in [4.78, 5) is 4.37. The first-order valence-corrected chi connectivity index (χ1v) is 4.73. The van der Waals surface area contributed by atoms with Crippen LogP contribution < -0.4 is 5.73 Å². The van der Waals surface area contributed by atoms with Gasteiger partial charge in [-0.3, -0.25) is 0 Å². The van der Waals surface area contributed by atoms with E-state index in [-0.39, 0.29) is 0 Å². The number of rotatable bonds is 0. The molecule has 72 valence electrons. The number of nitrogens with two attached hydrogens (primary N) is 1. The summed E-state index contributed by atoms with van der Waals surface area (Å²) in [6, 6.07) is 6.12. The van der Waals surface area contributed by atoms with Crippen molar-refractivity contribution in [3.63, 3.8) is 0 Å². The highest BCUT2D eigenvalue weighted by molar-refractivity contribution is 5.88. The van der Waals surface area contributed by atoms with Crippen LogP contribution in [0.1, 0.15) is 16.7 Å². The molecule has 2 aromatic rings. The molecule has 0 atom stereocenters. The Bertz CT molecular complexity index is 501. The molecule has 0 saturated heterocycles. The molecule has 1 aromatic carbocycles. The van der Waals surface area contributed by atoms with E-state index in [0.717, 1.165) is 11.1 Å². The van der Waals surface area contributed by atoms with Crippen LogP contribution in [-0.4, -0.2) is 4.98 Å². The second kappa shape index (κ2) is 2.98. The van der Waals surface area contributed by atoms with E-state index in [2.05, 4.69) is 24.9 Å². The zero-order chi connectivity index (χ0) is 10.3. The number of pyridine rings is 1. The normalized spacial score (nSPS) is 10.8. The van der Waals surface area contributed by atoms with Crippen LogP contribution in [0.2, 0.25) is 0 Å². The molecule has 0 saturated carbocycles. The van der Waals surface area contributed by atoms with Crippen molar-refractivity contribution >= 4 is 16.7 Å². The number of nitrogen functional groups attached to an aromatic ring is 1. The standard InChI is InChI=1S/C12H14N2/c1-7-5-4-6-10-11(7)8(2)9(3)12(13)14-10/h4-6H,1-3H3,(H2,13,14). The largest absolute Gasteiger partial charge is 0.383 e. The zero-order valence-corrected chi connectivity index (χ0v) is 8.76. The second-order valence-corrected chi connectivity index (χ2v) is 3.72. The van der Waals surface area contributed by atoms with Crippen molar-refractivity contribution in [1.29, 1.82) is 0 Å². The van der Waals surface area contributed by atoms with E-state index in [0.29, 0.717) is 5.82 Å². The molecule has 2 heteroatoms. The highest BCUT2D eigenvalue weighted by Crippen LogP contribution is 2.25. The van der Waals surface area contributed by atoms with Gasteiger partial charge in [-0.2, -0.15) is 0 Å². The van der Waals surface area contributed by atoms with Crippen molar-refractivity contribution in [2.24, 2.45) is 0 Å². The molecule has 0 spiro atoms. The lowest BCUT2D eigenvalue weighted by molar-refractivity contribution is 1.28. The van der Waals surface area contributed by atoms with E-state index in [1.807, 2.05) is 19.1 Å². The van der Waals surface area contributed by atoms with Gasteiger partial charge < -0.3 is 5.73 Å². The van der Waals surface area contributed by atoms with Gasteiger partial charge in [0.15, 0.2) is 0 Å². The molecule has 0 unspecified atom stereocenters. The third-order valence-electron chi connectivity index (χ3n) is 2.81. The summed E-state index contributed by atoms with van der Waals surface area (Å²) < 4.78 is 0. The van der Waals surface area contributed by atoms with Gasteiger partial charge in [-0.05, 0) is 43.5 Å². The average molecular weight is 186 g/mol. The minimum Gasteiger partial charge on any atom is -0.383 e. The van der Waals surface area contributed by atoms with E-state index >= 15 is 0 Å². The Kier molecular flexibility index (Phi) is 1.92. The molecule has 1 heterocycles. The first-order chi connectivity index (χ1) is 6.61. The van der Waals surface area contributed by atoms with E-state index in [1.165, 1.54) is 16.5 Å². The first kappa shape index (κ1) is 9.00. The van der Waals surface area contributed by atoms with E-state index < -0.39 is 0 Å². The topological polar surface area (TPSA) is 38.9 Å². The Labute approximate surface area is 83.8 Å². The summed E-state index contributed by atoms with van der Waals surface area (Å²) in [7, 11) is 0. The summed E-state index contributed by atoms with van der Waals surface area (Å²) in [6.45, 7) is 6.22. The SMILES string of the molecule is Cc1c(N)nc2cccc(C)c2c1C. The zero-order valence-electron chi connectivity index (χ0n) is 8.76. The summed E-state index contributed by atoms with van der Waals surface area (Å²) in [5.74, 6) is 0.639. The van der Waals surface area contributed by atoms with Crippen molar-refractivity contribution in [3.05, 3.63) is 34.9 Å². The third kappa shape index (κ3) is 1.15. The maximum absolute atomic E-state index is 5.83. The molecular formula is C12H14N2. The van der Waals surface area contributed by atoms with Crippen molar-refractivity contribution < 1.29 is 0 Å². The minimum atomic E-state index is 0.639. The predicted molar refractivity (Wildman–Crippen MR) is 60.4 cm³/mol. The Morgan fingerprint density at radius 3 is 2.50 bits per heavy atom. The van der Waals surface area contributed by atoms with Gasteiger partial charge in [0, 0.05) is 5.39 Å². The van der Waals surface area contributed by atoms with Crippen LogP contribution in [0.25, 0.3) is 10.9 Å². The van der Waals surface area contributed by atoms with Crippen LogP contribution in [0.3, 0.4) is 0 Å². The van der Waals surface area contributed by atoms with Crippen LogP contribution in [0.15, 0.2) is 18.2 Å². The Hall–Kier alpha value is -1.57. The molecule has 0 fully saturated rings. The number of hydrogen-bond acceptors (Lipinski definition) is 2. The van der Waals surface area contributed by atoms with Gasteiger partial charge >= 0.3 is 0 Å². The highest BCUT2D eigenvalue weighted by atomic mass is 14.8. The van der Waals surface area contributed by atoms with Gasteiger partial charge in [0.2, 0.25) is 0 Å². The summed E-state index contributed by atoms with van der Waals surface area (Å²) >= 11 is 0. The third-order valence-corrected chi connectivity index (χ3v) is 2.81. The molecule has 2 rings (SSSR count). The second-order valence-electron chi connectivity index (χ2n) is 3.72. The van der Waals surface area contributed by atoms with E-state index in [4.69, 9.17) is 5.73 Å². The smallest absolute Gasteiger partial charge is 0.127 e. The van der Waals surface area contributed by atoms with E-state index in [9.17, 15) is 0 Å².